The molecule has 0 radical (unpaired) electrons. The minimum atomic E-state index is -1.16. The van der Waals surface area contributed by atoms with Gasteiger partial charge in [-0.05, 0) is 76.6 Å². The minimum absolute atomic E-state index is 0.229. The van der Waals surface area contributed by atoms with Crippen LogP contribution in [0.5, 0.6) is 11.5 Å². The van der Waals surface area contributed by atoms with Gasteiger partial charge in [-0.3, -0.25) is 10.1 Å². The first-order chi connectivity index (χ1) is 13.8. The number of carbonyl (C=O) groups is 2. The summed E-state index contributed by atoms with van der Waals surface area (Å²) in [6.07, 6.45) is -1.16. The van der Waals surface area contributed by atoms with Crippen LogP contribution < -0.4 is 21.1 Å². The highest BCUT2D eigenvalue weighted by atomic mass is 79.9. The molecule has 3 aromatic carbocycles. The predicted molar refractivity (Wildman–Crippen MR) is 111 cm³/mol. The zero-order chi connectivity index (χ0) is 21.0. The van der Waals surface area contributed by atoms with Gasteiger partial charge < -0.3 is 20.9 Å². The van der Waals surface area contributed by atoms with Crippen molar-refractivity contribution in [1.29, 1.82) is 0 Å². The lowest BCUT2D eigenvalue weighted by molar-refractivity contribution is 0.102. The number of nitrogens with one attached hydrogen (secondary N) is 2. The van der Waals surface area contributed by atoms with Crippen LogP contribution >= 0.6 is 15.9 Å². The zero-order valence-electron chi connectivity index (χ0n) is 14.8. The normalized spacial score (nSPS) is 10.3. The molecule has 0 atom stereocenters. The largest absolute Gasteiger partial charge is 0.465 e. The van der Waals surface area contributed by atoms with Gasteiger partial charge in [-0.2, -0.15) is 0 Å². The lowest BCUT2D eigenvalue weighted by atomic mass is 10.1. The molecule has 0 saturated carbocycles. The number of benzene rings is 3. The van der Waals surface area contributed by atoms with Crippen molar-refractivity contribution in [2.75, 3.05) is 16.4 Å². The van der Waals surface area contributed by atoms with Crippen LogP contribution in [0, 0.1) is 5.82 Å². The van der Waals surface area contributed by atoms with Crippen molar-refractivity contribution in [3.05, 3.63) is 76.5 Å². The summed E-state index contributed by atoms with van der Waals surface area (Å²) in [6, 6.07) is 15.0. The fourth-order valence-electron chi connectivity index (χ4n) is 2.42. The van der Waals surface area contributed by atoms with E-state index < -0.39 is 17.8 Å². The number of hydrogen-bond acceptors (Lipinski definition) is 4. The number of hydrogen-bond donors (Lipinski definition) is 4. The fraction of sp³-hybridized carbons (Fsp3) is 0. The molecule has 0 aliphatic heterocycles. The van der Waals surface area contributed by atoms with E-state index in [4.69, 9.17) is 15.6 Å². The maximum Gasteiger partial charge on any atom is 0.409 e. The molecule has 0 aliphatic rings. The van der Waals surface area contributed by atoms with E-state index in [1.807, 2.05) is 0 Å². The van der Waals surface area contributed by atoms with Gasteiger partial charge in [0, 0.05) is 16.9 Å². The van der Waals surface area contributed by atoms with E-state index in [-0.39, 0.29) is 11.3 Å². The Hall–Kier alpha value is -3.59. The van der Waals surface area contributed by atoms with Gasteiger partial charge in [0.1, 0.15) is 17.3 Å². The average Bonchev–Trinajstić information content (AvgIpc) is 2.67. The van der Waals surface area contributed by atoms with Crippen molar-refractivity contribution in [1.82, 2.24) is 0 Å². The molecule has 0 aromatic heterocycles. The van der Waals surface area contributed by atoms with Crippen molar-refractivity contribution in [2.45, 2.75) is 0 Å². The van der Waals surface area contributed by atoms with Crippen molar-refractivity contribution >= 4 is 45.0 Å². The SMILES string of the molecule is Nc1cc(C(=O)Nc2ccc(Br)c(F)c2)ccc1Oc1ccc(NC(=O)O)cc1. The van der Waals surface area contributed by atoms with Crippen LogP contribution in [0.15, 0.2) is 65.1 Å². The monoisotopic (exact) mass is 459 g/mol. The van der Waals surface area contributed by atoms with Gasteiger partial charge >= 0.3 is 6.09 Å². The second-order valence-corrected chi connectivity index (χ2v) is 6.75. The predicted octanol–water partition coefficient (Wildman–Crippen LogP) is 5.30. The molecule has 29 heavy (non-hydrogen) atoms. The molecule has 0 bridgehead atoms. The summed E-state index contributed by atoms with van der Waals surface area (Å²) in [6.45, 7) is 0. The van der Waals surface area contributed by atoms with Crippen LogP contribution in [0.1, 0.15) is 10.4 Å². The lowest BCUT2D eigenvalue weighted by Gasteiger charge is -2.11. The Morgan fingerprint density at radius 2 is 1.66 bits per heavy atom. The number of carbonyl (C=O) groups excluding carboxylic acids is 1. The highest BCUT2D eigenvalue weighted by Gasteiger charge is 2.11. The van der Waals surface area contributed by atoms with Gasteiger partial charge in [-0.15, -0.1) is 0 Å². The van der Waals surface area contributed by atoms with E-state index in [1.165, 1.54) is 30.3 Å². The first-order valence-corrected chi connectivity index (χ1v) is 9.05. The van der Waals surface area contributed by atoms with E-state index in [9.17, 15) is 14.0 Å². The standard InChI is InChI=1S/C20H15BrFN3O4/c21-15-7-4-13(10-16(15)22)24-19(26)11-1-8-18(17(23)9-11)29-14-5-2-12(3-6-14)25-20(27)28/h1-10,25H,23H2,(H,24,26)(H,27,28). The Balaban J connectivity index is 1.70. The molecule has 0 unspecified atom stereocenters. The van der Waals surface area contributed by atoms with E-state index in [1.54, 1.807) is 30.3 Å². The Morgan fingerprint density at radius 1 is 0.966 bits per heavy atom. The number of halogens is 2. The summed E-state index contributed by atoms with van der Waals surface area (Å²) >= 11 is 3.05. The molecule has 0 fully saturated rings. The van der Waals surface area contributed by atoms with Crippen molar-refractivity contribution < 1.29 is 23.8 Å². The third-order valence-electron chi connectivity index (χ3n) is 3.78. The molecule has 5 N–H and O–H groups in total. The van der Waals surface area contributed by atoms with Crippen LogP contribution in [-0.4, -0.2) is 17.1 Å². The van der Waals surface area contributed by atoms with Gasteiger partial charge in [0.15, 0.2) is 0 Å². The molecule has 7 nitrogen and oxygen atoms in total. The summed E-state index contributed by atoms with van der Waals surface area (Å²) in [5.41, 5.74) is 7.19. The Bertz CT molecular complexity index is 1070. The first kappa shape index (κ1) is 20.2. The quantitative estimate of drug-likeness (QED) is 0.386. The molecular formula is C20H15BrFN3O4. The van der Waals surface area contributed by atoms with E-state index in [0.29, 0.717) is 27.3 Å². The summed E-state index contributed by atoms with van der Waals surface area (Å²) in [5.74, 6) is -0.171. The summed E-state index contributed by atoms with van der Waals surface area (Å²) in [5, 5.41) is 13.5. The molecule has 3 rings (SSSR count). The molecule has 3 aromatic rings. The van der Waals surface area contributed by atoms with Gasteiger partial charge in [0.05, 0.1) is 10.2 Å². The van der Waals surface area contributed by atoms with Gasteiger partial charge in [-0.25, -0.2) is 9.18 Å². The maximum absolute atomic E-state index is 13.6. The van der Waals surface area contributed by atoms with Crippen LogP contribution in [-0.2, 0) is 0 Å². The number of nitrogen functional groups attached to an aromatic ring is 1. The van der Waals surface area contributed by atoms with Gasteiger partial charge in [0.2, 0.25) is 0 Å². The third-order valence-corrected chi connectivity index (χ3v) is 4.43. The molecule has 2 amide bonds. The Kier molecular flexibility index (Phi) is 5.99. The molecule has 9 heteroatoms. The van der Waals surface area contributed by atoms with Crippen molar-refractivity contribution in [2.24, 2.45) is 0 Å². The van der Waals surface area contributed by atoms with Crippen LogP contribution in [0.2, 0.25) is 0 Å². The molecule has 0 spiro atoms. The number of nitrogens with two attached hydrogens (primary N) is 1. The molecule has 0 heterocycles. The smallest absolute Gasteiger partial charge is 0.409 e. The topological polar surface area (TPSA) is 114 Å². The number of ether oxygens (including phenoxy) is 1. The average molecular weight is 460 g/mol. The number of carboxylic acid groups (broad SMARTS) is 1. The highest BCUT2D eigenvalue weighted by molar-refractivity contribution is 9.10. The Labute approximate surface area is 173 Å². The first-order valence-electron chi connectivity index (χ1n) is 8.25. The third kappa shape index (κ3) is 5.23. The summed E-state index contributed by atoms with van der Waals surface area (Å²) < 4.78 is 19.5. The van der Waals surface area contributed by atoms with Crippen molar-refractivity contribution in [3.8, 4) is 11.5 Å². The van der Waals surface area contributed by atoms with Crippen LogP contribution in [0.4, 0.5) is 26.2 Å². The second-order valence-electron chi connectivity index (χ2n) is 5.89. The maximum atomic E-state index is 13.6. The minimum Gasteiger partial charge on any atom is -0.465 e. The van der Waals surface area contributed by atoms with Crippen LogP contribution in [0.3, 0.4) is 0 Å². The molecule has 148 valence electrons. The summed E-state index contributed by atoms with van der Waals surface area (Å²) in [7, 11) is 0. The number of amides is 2. The lowest BCUT2D eigenvalue weighted by Crippen LogP contribution is -2.12. The summed E-state index contributed by atoms with van der Waals surface area (Å²) in [4.78, 5) is 23.0. The molecular weight excluding hydrogens is 445 g/mol. The van der Waals surface area contributed by atoms with Crippen LogP contribution in [0.25, 0.3) is 0 Å². The molecule has 0 aliphatic carbocycles. The Morgan fingerprint density at radius 3 is 2.28 bits per heavy atom. The molecule has 0 saturated heterocycles. The second kappa shape index (κ2) is 8.61. The van der Waals surface area contributed by atoms with Gasteiger partial charge in [-0.1, -0.05) is 0 Å². The van der Waals surface area contributed by atoms with E-state index in [2.05, 4.69) is 26.6 Å². The van der Waals surface area contributed by atoms with Gasteiger partial charge in [0.25, 0.3) is 5.91 Å². The zero-order valence-corrected chi connectivity index (χ0v) is 16.4. The number of rotatable bonds is 5. The fourth-order valence-corrected chi connectivity index (χ4v) is 2.66. The van der Waals surface area contributed by atoms with E-state index >= 15 is 0 Å². The van der Waals surface area contributed by atoms with E-state index in [0.717, 1.165) is 0 Å². The number of anilines is 3. The highest BCUT2D eigenvalue weighted by Crippen LogP contribution is 2.29. The van der Waals surface area contributed by atoms with Crippen molar-refractivity contribution in [3.63, 3.8) is 0 Å².